The maximum atomic E-state index is 14.3. The molecular weight excluding hydrogens is 423 g/mol. The summed E-state index contributed by atoms with van der Waals surface area (Å²) in [5.41, 5.74) is 2.22. The van der Waals surface area contributed by atoms with Crippen LogP contribution in [0.1, 0.15) is 52.2 Å². The van der Waals surface area contributed by atoms with Crippen molar-refractivity contribution in [3.63, 3.8) is 0 Å². The van der Waals surface area contributed by atoms with Crippen molar-refractivity contribution in [2.75, 3.05) is 19.6 Å². The number of amides is 2. The molecule has 3 aromatic rings. The van der Waals surface area contributed by atoms with Crippen LogP contribution in [-0.2, 0) is 11.2 Å². The van der Waals surface area contributed by atoms with Gasteiger partial charge in [-0.2, -0.15) is 0 Å². The molecule has 0 saturated carbocycles. The molecule has 4 rings (SSSR count). The molecule has 0 N–H and O–H groups in total. The zero-order chi connectivity index (χ0) is 22.5. The summed E-state index contributed by atoms with van der Waals surface area (Å²) in [5.74, 6) is -1.11. The second kappa shape index (κ2) is 10.1. The van der Waals surface area contributed by atoms with E-state index in [0.29, 0.717) is 13.1 Å². The molecule has 0 fully saturated rings. The highest BCUT2D eigenvalue weighted by atomic mass is 32.1. The van der Waals surface area contributed by atoms with Crippen molar-refractivity contribution < 1.29 is 14.0 Å². The molecule has 0 bridgehead atoms. The molecular formula is C26H27FN2O2S. The summed E-state index contributed by atoms with van der Waals surface area (Å²) in [4.78, 5) is 31.3. The Morgan fingerprint density at radius 3 is 2.59 bits per heavy atom. The average molecular weight is 451 g/mol. The number of hydrogen-bond donors (Lipinski definition) is 0. The fourth-order valence-electron chi connectivity index (χ4n) is 4.24. The standard InChI is InChI=1S/C26H27FN2O2S/c1-2-3-15-28(26(31)20-11-7-8-12-22(20)27)18-24(30)29-16-13-23-21(14-17-32-23)25(29)19-9-5-4-6-10-19/h4-12,14,17,25H,2-3,13,15-16,18H2,1H3. The summed E-state index contributed by atoms with van der Waals surface area (Å²) in [6.45, 7) is 2.99. The van der Waals surface area contributed by atoms with Crippen LogP contribution in [0.4, 0.5) is 4.39 Å². The number of carbonyl (C=O) groups excluding carboxylic acids is 2. The molecule has 1 unspecified atom stereocenters. The number of carbonyl (C=O) groups is 2. The van der Waals surface area contributed by atoms with E-state index in [-0.39, 0.29) is 24.1 Å². The van der Waals surface area contributed by atoms with Crippen molar-refractivity contribution in [1.29, 1.82) is 0 Å². The van der Waals surface area contributed by atoms with Gasteiger partial charge in [-0.3, -0.25) is 9.59 Å². The largest absolute Gasteiger partial charge is 0.330 e. The Morgan fingerprint density at radius 1 is 1.09 bits per heavy atom. The summed E-state index contributed by atoms with van der Waals surface area (Å²) < 4.78 is 14.3. The first-order valence-electron chi connectivity index (χ1n) is 11.0. The molecule has 2 aromatic carbocycles. The fourth-order valence-corrected chi connectivity index (χ4v) is 5.14. The minimum atomic E-state index is -0.561. The highest BCUT2D eigenvalue weighted by molar-refractivity contribution is 7.10. The topological polar surface area (TPSA) is 40.6 Å². The summed E-state index contributed by atoms with van der Waals surface area (Å²) in [6.07, 6.45) is 2.44. The number of thiophene rings is 1. The lowest BCUT2D eigenvalue weighted by atomic mass is 9.93. The number of benzene rings is 2. The molecule has 0 saturated heterocycles. The van der Waals surface area contributed by atoms with E-state index in [2.05, 4.69) is 11.4 Å². The van der Waals surface area contributed by atoms with Gasteiger partial charge in [0, 0.05) is 18.0 Å². The van der Waals surface area contributed by atoms with E-state index in [1.807, 2.05) is 42.2 Å². The quantitative estimate of drug-likeness (QED) is 0.490. The third-order valence-electron chi connectivity index (χ3n) is 5.90. The molecule has 6 heteroatoms. The zero-order valence-corrected chi connectivity index (χ0v) is 19.0. The van der Waals surface area contributed by atoms with Gasteiger partial charge in [0.2, 0.25) is 5.91 Å². The van der Waals surface area contributed by atoms with Crippen LogP contribution in [0.3, 0.4) is 0 Å². The second-order valence-electron chi connectivity index (χ2n) is 8.01. The Morgan fingerprint density at radius 2 is 1.84 bits per heavy atom. The predicted molar refractivity (Wildman–Crippen MR) is 125 cm³/mol. The van der Waals surface area contributed by atoms with Crippen LogP contribution in [0.2, 0.25) is 0 Å². The molecule has 0 radical (unpaired) electrons. The smallest absolute Gasteiger partial charge is 0.257 e. The third-order valence-corrected chi connectivity index (χ3v) is 6.90. The van der Waals surface area contributed by atoms with Crippen LogP contribution in [-0.4, -0.2) is 41.2 Å². The lowest BCUT2D eigenvalue weighted by Gasteiger charge is -2.37. The maximum absolute atomic E-state index is 14.3. The van der Waals surface area contributed by atoms with Crippen molar-refractivity contribution in [3.05, 3.63) is 93.4 Å². The SMILES string of the molecule is CCCCN(CC(=O)N1CCc2sccc2C1c1ccccc1)C(=O)c1ccccc1F. The Kier molecular flexibility index (Phi) is 7.00. The van der Waals surface area contributed by atoms with Crippen molar-refractivity contribution in [2.24, 2.45) is 0 Å². The van der Waals surface area contributed by atoms with Gasteiger partial charge in [0.25, 0.3) is 5.91 Å². The van der Waals surface area contributed by atoms with Crippen LogP contribution < -0.4 is 0 Å². The minimum Gasteiger partial charge on any atom is -0.330 e. The molecule has 0 spiro atoms. The molecule has 4 nitrogen and oxygen atoms in total. The van der Waals surface area contributed by atoms with Gasteiger partial charge in [-0.15, -0.1) is 11.3 Å². The fraction of sp³-hybridized carbons (Fsp3) is 0.308. The predicted octanol–water partition coefficient (Wildman–Crippen LogP) is 5.30. The summed E-state index contributed by atoms with van der Waals surface area (Å²) in [7, 11) is 0. The van der Waals surface area contributed by atoms with Gasteiger partial charge in [-0.25, -0.2) is 4.39 Å². The van der Waals surface area contributed by atoms with E-state index in [4.69, 9.17) is 0 Å². The van der Waals surface area contributed by atoms with E-state index < -0.39 is 11.7 Å². The van der Waals surface area contributed by atoms with E-state index in [1.165, 1.54) is 21.9 Å². The average Bonchev–Trinajstić information content (AvgIpc) is 3.30. The van der Waals surface area contributed by atoms with E-state index in [9.17, 15) is 14.0 Å². The van der Waals surface area contributed by atoms with E-state index >= 15 is 0 Å². The molecule has 166 valence electrons. The van der Waals surface area contributed by atoms with Gasteiger partial charge in [-0.1, -0.05) is 55.8 Å². The Hall–Kier alpha value is -2.99. The molecule has 32 heavy (non-hydrogen) atoms. The number of hydrogen-bond acceptors (Lipinski definition) is 3. The van der Waals surface area contributed by atoms with Gasteiger partial charge in [0.15, 0.2) is 0 Å². The molecule has 2 heterocycles. The molecule has 1 aliphatic rings. The minimum absolute atomic E-state index is 0.00905. The highest BCUT2D eigenvalue weighted by Crippen LogP contribution is 2.37. The van der Waals surface area contributed by atoms with Crippen molar-refractivity contribution >= 4 is 23.2 Å². The van der Waals surface area contributed by atoms with Crippen LogP contribution in [0.15, 0.2) is 66.0 Å². The van der Waals surface area contributed by atoms with Crippen molar-refractivity contribution in [1.82, 2.24) is 9.80 Å². The Labute approximate surface area is 192 Å². The Bertz CT molecular complexity index is 1080. The number of nitrogens with zero attached hydrogens (tertiary/aromatic N) is 2. The monoisotopic (exact) mass is 450 g/mol. The molecule has 1 aliphatic heterocycles. The van der Waals surface area contributed by atoms with Crippen molar-refractivity contribution in [3.8, 4) is 0 Å². The first kappa shape index (κ1) is 22.2. The van der Waals surface area contributed by atoms with Crippen LogP contribution in [0, 0.1) is 5.82 Å². The highest BCUT2D eigenvalue weighted by Gasteiger charge is 2.34. The van der Waals surface area contributed by atoms with Crippen LogP contribution in [0.5, 0.6) is 0 Å². The zero-order valence-electron chi connectivity index (χ0n) is 18.2. The van der Waals surface area contributed by atoms with Gasteiger partial charge in [0.1, 0.15) is 12.4 Å². The van der Waals surface area contributed by atoms with E-state index in [1.54, 1.807) is 23.5 Å². The number of halogens is 1. The van der Waals surface area contributed by atoms with Crippen LogP contribution in [0.25, 0.3) is 0 Å². The number of unbranched alkanes of at least 4 members (excludes halogenated alkanes) is 1. The lowest BCUT2D eigenvalue weighted by molar-refractivity contribution is -0.134. The summed E-state index contributed by atoms with van der Waals surface area (Å²) >= 11 is 1.72. The third kappa shape index (κ3) is 4.60. The summed E-state index contributed by atoms with van der Waals surface area (Å²) in [5, 5.41) is 2.07. The molecule has 2 amide bonds. The Balaban J connectivity index is 1.61. The number of fused-ring (bicyclic) bond motifs is 1. The van der Waals surface area contributed by atoms with Crippen LogP contribution >= 0.6 is 11.3 Å². The van der Waals surface area contributed by atoms with E-state index in [0.717, 1.165) is 30.4 Å². The van der Waals surface area contributed by atoms with Gasteiger partial charge < -0.3 is 9.80 Å². The summed E-state index contributed by atoms with van der Waals surface area (Å²) in [6, 6.07) is 17.9. The normalized spacial score (nSPS) is 15.3. The molecule has 1 atom stereocenters. The lowest BCUT2D eigenvalue weighted by Crippen LogP contribution is -2.47. The molecule has 0 aliphatic carbocycles. The molecule has 1 aromatic heterocycles. The first-order valence-corrected chi connectivity index (χ1v) is 11.9. The maximum Gasteiger partial charge on any atom is 0.257 e. The second-order valence-corrected chi connectivity index (χ2v) is 9.01. The van der Waals surface area contributed by atoms with Crippen molar-refractivity contribution in [2.45, 2.75) is 32.2 Å². The van der Waals surface area contributed by atoms with Gasteiger partial charge in [-0.05, 0) is 47.5 Å². The van der Waals surface area contributed by atoms with Gasteiger partial charge >= 0.3 is 0 Å². The first-order chi connectivity index (χ1) is 15.6. The van der Waals surface area contributed by atoms with Gasteiger partial charge in [0.05, 0.1) is 11.6 Å². The number of rotatable bonds is 7.